The van der Waals surface area contributed by atoms with Crippen LogP contribution in [-0.2, 0) is 0 Å². The maximum Gasteiger partial charge on any atom is 0.103 e. The number of aliphatic hydroxyl groups excluding tert-OH is 1. The van der Waals surface area contributed by atoms with Gasteiger partial charge in [0.05, 0.1) is 41.2 Å². The zero-order valence-electron chi connectivity index (χ0n) is 18.1. The molecule has 2 atom stereocenters. The monoisotopic (exact) mass is 454 g/mol. The van der Waals surface area contributed by atoms with Crippen LogP contribution in [0.4, 0.5) is 0 Å². The van der Waals surface area contributed by atoms with Gasteiger partial charge in [0, 0.05) is 32.8 Å². The first-order valence-electron chi connectivity index (χ1n) is 10.9. The van der Waals surface area contributed by atoms with Gasteiger partial charge < -0.3 is 5.11 Å². The minimum atomic E-state index is -0.274. The average Bonchev–Trinajstić information content (AvgIpc) is 3.42. The molecule has 4 aromatic rings. The van der Waals surface area contributed by atoms with Gasteiger partial charge in [0.25, 0.3) is 0 Å². The molecule has 1 aliphatic rings. The Morgan fingerprint density at radius 3 is 2.67 bits per heavy atom. The minimum Gasteiger partial charge on any atom is -0.393 e. The van der Waals surface area contributed by atoms with Crippen molar-refractivity contribution in [3.63, 3.8) is 0 Å². The zero-order valence-corrected chi connectivity index (χ0v) is 19.0. The molecule has 7 nitrogen and oxygen atoms in total. The number of benzene rings is 1. The Balaban J connectivity index is 1.61. The third-order valence-corrected chi connectivity index (χ3v) is 7.35. The van der Waals surface area contributed by atoms with Gasteiger partial charge in [-0.05, 0) is 50.8 Å². The molecule has 1 N–H and O–H groups in total. The number of hydrogen-bond acceptors (Lipinski definition) is 6. The fourth-order valence-corrected chi connectivity index (χ4v) is 5.69. The number of rotatable bonds is 4. The maximum atomic E-state index is 10.1. The third kappa shape index (κ3) is 3.89. The van der Waals surface area contributed by atoms with E-state index in [4.69, 9.17) is 0 Å². The van der Waals surface area contributed by atoms with Crippen LogP contribution < -0.4 is 0 Å². The molecule has 5 rings (SSSR count). The predicted molar refractivity (Wildman–Crippen MR) is 125 cm³/mol. The van der Waals surface area contributed by atoms with E-state index in [-0.39, 0.29) is 12.1 Å². The Kier molecular flexibility index (Phi) is 5.63. The molecule has 33 heavy (non-hydrogen) atoms. The summed E-state index contributed by atoms with van der Waals surface area (Å²) >= 11 is 1.46. The van der Waals surface area contributed by atoms with E-state index in [1.807, 2.05) is 41.3 Å². The fraction of sp³-hybridized carbons (Fsp3) is 0.280. The van der Waals surface area contributed by atoms with Crippen molar-refractivity contribution in [2.75, 3.05) is 0 Å². The number of aromatic nitrogens is 4. The normalized spacial score (nSPS) is 18.2. The van der Waals surface area contributed by atoms with E-state index in [1.54, 1.807) is 16.8 Å². The molecule has 3 heterocycles. The van der Waals surface area contributed by atoms with E-state index in [0.29, 0.717) is 11.1 Å². The van der Waals surface area contributed by atoms with Gasteiger partial charge in [-0.25, -0.2) is 4.52 Å². The summed E-state index contributed by atoms with van der Waals surface area (Å²) in [5.41, 5.74) is 4.76. The summed E-state index contributed by atoms with van der Waals surface area (Å²) in [4.78, 5) is 1.68. The lowest BCUT2D eigenvalue weighted by atomic mass is 9.93. The van der Waals surface area contributed by atoms with Crippen molar-refractivity contribution >= 4 is 17.3 Å². The molecule has 0 radical (unpaired) electrons. The van der Waals surface area contributed by atoms with Crippen LogP contribution in [0.1, 0.15) is 48.5 Å². The smallest absolute Gasteiger partial charge is 0.103 e. The summed E-state index contributed by atoms with van der Waals surface area (Å²) in [6, 6.07) is 14.1. The Morgan fingerprint density at radius 1 is 1.06 bits per heavy atom. The number of nitriles is 2. The second-order valence-electron chi connectivity index (χ2n) is 8.33. The zero-order chi connectivity index (χ0) is 22.9. The fourth-order valence-electron chi connectivity index (χ4n) is 4.59. The maximum absolute atomic E-state index is 10.1. The van der Waals surface area contributed by atoms with Crippen molar-refractivity contribution in [3.8, 4) is 23.3 Å². The highest BCUT2D eigenvalue weighted by atomic mass is 32.2. The minimum absolute atomic E-state index is 0.192. The van der Waals surface area contributed by atoms with Crippen molar-refractivity contribution < 1.29 is 5.11 Å². The number of pyridine rings is 1. The first kappa shape index (κ1) is 21.3. The van der Waals surface area contributed by atoms with Crippen LogP contribution in [0.5, 0.6) is 0 Å². The second-order valence-corrected chi connectivity index (χ2v) is 9.41. The quantitative estimate of drug-likeness (QED) is 0.472. The van der Waals surface area contributed by atoms with Crippen LogP contribution >= 0.6 is 11.8 Å². The molecule has 164 valence electrons. The van der Waals surface area contributed by atoms with E-state index in [1.165, 1.54) is 11.8 Å². The van der Waals surface area contributed by atoms with E-state index < -0.39 is 0 Å². The van der Waals surface area contributed by atoms with Crippen LogP contribution in [0.3, 0.4) is 0 Å². The van der Waals surface area contributed by atoms with Crippen molar-refractivity contribution in [3.05, 3.63) is 65.7 Å². The molecule has 0 unspecified atom stereocenters. The van der Waals surface area contributed by atoms with Crippen molar-refractivity contribution in [1.29, 1.82) is 10.5 Å². The Morgan fingerprint density at radius 2 is 1.88 bits per heavy atom. The molecule has 1 fully saturated rings. The van der Waals surface area contributed by atoms with Gasteiger partial charge in [0.15, 0.2) is 0 Å². The van der Waals surface area contributed by atoms with Crippen LogP contribution in [0, 0.1) is 29.6 Å². The summed E-state index contributed by atoms with van der Waals surface area (Å²) in [6.45, 7) is 2.05. The first-order chi connectivity index (χ1) is 16.1. The largest absolute Gasteiger partial charge is 0.393 e. The number of hydrogen-bond donors (Lipinski definition) is 1. The van der Waals surface area contributed by atoms with E-state index >= 15 is 0 Å². The highest BCUT2D eigenvalue weighted by molar-refractivity contribution is 7.99. The lowest BCUT2D eigenvalue weighted by Gasteiger charge is -2.27. The summed E-state index contributed by atoms with van der Waals surface area (Å²) in [7, 11) is 0. The molecule has 0 saturated heterocycles. The topological polar surface area (TPSA) is 103 Å². The van der Waals surface area contributed by atoms with Crippen LogP contribution in [-0.4, -0.2) is 30.6 Å². The molecule has 1 aliphatic carbocycles. The standard InChI is InChI=1S/C25H22N6OS/c1-16-22(14-29-31(16)20-6-4-7-21(32)10-20)18-9-24(25-19(12-27)13-28-30(25)15-18)33-23-8-3-2-5-17(23)11-26/h2-3,5,8-9,13-15,20-21,32H,4,6-7,10H2,1H3/t20-,21+/m1/s1. The Labute approximate surface area is 195 Å². The van der Waals surface area contributed by atoms with Crippen molar-refractivity contribution in [2.24, 2.45) is 0 Å². The lowest BCUT2D eigenvalue weighted by molar-refractivity contribution is 0.0995. The van der Waals surface area contributed by atoms with Gasteiger partial charge in [-0.3, -0.25) is 4.68 Å². The molecule has 0 amide bonds. The van der Waals surface area contributed by atoms with Gasteiger partial charge in [-0.1, -0.05) is 23.9 Å². The van der Waals surface area contributed by atoms with Crippen molar-refractivity contribution in [2.45, 2.75) is 54.5 Å². The Bertz CT molecular complexity index is 1420. The van der Waals surface area contributed by atoms with Gasteiger partial charge >= 0.3 is 0 Å². The molecule has 8 heteroatoms. The Hall–Kier alpha value is -3.59. The molecular weight excluding hydrogens is 432 g/mol. The number of fused-ring (bicyclic) bond motifs is 1. The van der Waals surface area contributed by atoms with Gasteiger partial charge in [-0.15, -0.1) is 0 Å². The highest BCUT2D eigenvalue weighted by Crippen LogP contribution is 2.38. The third-order valence-electron chi connectivity index (χ3n) is 6.25. The molecule has 0 bridgehead atoms. The second kappa shape index (κ2) is 8.74. The van der Waals surface area contributed by atoms with E-state index in [0.717, 1.165) is 57.8 Å². The van der Waals surface area contributed by atoms with Crippen LogP contribution in [0.2, 0.25) is 0 Å². The molecule has 0 spiro atoms. The number of nitrogens with zero attached hydrogens (tertiary/aromatic N) is 6. The van der Waals surface area contributed by atoms with Crippen molar-refractivity contribution in [1.82, 2.24) is 19.4 Å². The van der Waals surface area contributed by atoms with E-state index in [9.17, 15) is 15.6 Å². The SMILES string of the molecule is Cc1c(-c2cc(Sc3ccccc3C#N)c3c(C#N)cnn3c2)cnn1[C@@H]1CCC[C@H](O)C1. The molecule has 3 aromatic heterocycles. The van der Waals surface area contributed by atoms with Gasteiger partial charge in [0.1, 0.15) is 12.1 Å². The highest BCUT2D eigenvalue weighted by Gasteiger charge is 2.25. The molecule has 1 saturated carbocycles. The number of aliphatic hydroxyl groups is 1. The van der Waals surface area contributed by atoms with E-state index in [2.05, 4.69) is 29.3 Å². The predicted octanol–water partition coefficient (Wildman–Crippen LogP) is 4.88. The summed E-state index contributed by atoms with van der Waals surface area (Å²) in [5.74, 6) is 0. The summed E-state index contributed by atoms with van der Waals surface area (Å²) < 4.78 is 3.76. The first-order valence-corrected chi connectivity index (χ1v) is 11.7. The lowest BCUT2D eigenvalue weighted by Crippen LogP contribution is -2.23. The van der Waals surface area contributed by atoms with Crippen LogP contribution in [0.25, 0.3) is 16.6 Å². The van der Waals surface area contributed by atoms with Gasteiger partial charge in [-0.2, -0.15) is 20.7 Å². The average molecular weight is 455 g/mol. The summed E-state index contributed by atoms with van der Waals surface area (Å²) in [6.07, 6.45) is 8.65. The molecule has 1 aromatic carbocycles. The van der Waals surface area contributed by atoms with Crippen LogP contribution in [0.15, 0.2) is 58.7 Å². The summed E-state index contributed by atoms with van der Waals surface area (Å²) in [5, 5.41) is 38.3. The van der Waals surface area contributed by atoms with Gasteiger partial charge in [0.2, 0.25) is 0 Å². The molecule has 0 aliphatic heterocycles. The molecular formula is C25H22N6OS.